The van der Waals surface area contributed by atoms with Crippen molar-refractivity contribution in [2.24, 2.45) is 0 Å². The molecule has 0 saturated carbocycles. The maximum Gasteiger partial charge on any atom is 0.307 e. The molecule has 0 unspecified atom stereocenters. The summed E-state index contributed by atoms with van der Waals surface area (Å²) < 4.78 is 20.8. The third kappa shape index (κ3) is 4.54. The highest BCUT2D eigenvalue weighted by atomic mass is 32.1. The molecule has 1 N–H and O–H groups in total. The lowest BCUT2D eigenvalue weighted by atomic mass is 10.2. The molecule has 10 heteroatoms. The number of aryl methyl sites for hydroxylation is 1. The Labute approximate surface area is 169 Å². The summed E-state index contributed by atoms with van der Waals surface area (Å²) in [7, 11) is 0. The Morgan fingerprint density at radius 2 is 2.14 bits per heavy atom. The number of anilines is 1. The summed E-state index contributed by atoms with van der Waals surface area (Å²) in [5, 5.41) is 8.48. The summed E-state index contributed by atoms with van der Waals surface area (Å²) >= 11 is 1.50. The van der Waals surface area contributed by atoms with E-state index in [0.29, 0.717) is 28.9 Å². The third-order valence-corrected chi connectivity index (χ3v) is 4.94. The van der Waals surface area contributed by atoms with Crippen molar-refractivity contribution in [3.8, 4) is 22.2 Å². The van der Waals surface area contributed by atoms with Crippen molar-refractivity contribution in [2.75, 3.05) is 12.1 Å². The van der Waals surface area contributed by atoms with Crippen LogP contribution in [0.25, 0.3) is 10.7 Å². The van der Waals surface area contributed by atoms with E-state index in [4.69, 9.17) is 18.7 Å². The molecule has 1 atom stereocenters. The first-order valence-corrected chi connectivity index (χ1v) is 9.73. The zero-order chi connectivity index (χ0) is 20.2. The quantitative estimate of drug-likeness (QED) is 0.586. The summed E-state index contributed by atoms with van der Waals surface area (Å²) in [5.74, 6) is 1.01. The molecule has 0 bridgehead atoms. The normalized spacial score (nSPS) is 13.1. The fourth-order valence-corrected chi connectivity index (χ4v) is 3.25. The van der Waals surface area contributed by atoms with Crippen LogP contribution in [0.3, 0.4) is 0 Å². The largest absolute Gasteiger partial charge is 0.454 e. The van der Waals surface area contributed by atoms with E-state index in [1.807, 2.05) is 17.5 Å². The van der Waals surface area contributed by atoms with Gasteiger partial charge in [-0.25, -0.2) is 0 Å². The van der Waals surface area contributed by atoms with Crippen LogP contribution in [0.15, 0.2) is 40.2 Å². The van der Waals surface area contributed by atoms with E-state index in [2.05, 4.69) is 15.5 Å². The van der Waals surface area contributed by atoms with Crippen molar-refractivity contribution < 1.29 is 28.3 Å². The molecular formula is C19H17N3O6S. The molecule has 3 heterocycles. The lowest BCUT2D eigenvalue weighted by molar-refractivity contribution is -0.153. The number of nitrogens with zero attached hydrogens (tertiary/aromatic N) is 2. The van der Waals surface area contributed by atoms with Crippen LogP contribution in [0.5, 0.6) is 11.5 Å². The fourth-order valence-electron chi connectivity index (χ4n) is 2.60. The Balaban J connectivity index is 1.25. The average molecular weight is 415 g/mol. The van der Waals surface area contributed by atoms with Gasteiger partial charge in [-0.05, 0) is 30.5 Å². The fraction of sp³-hybridized carbons (Fsp3) is 0.263. The average Bonchev–Trinajstić information content (AvgIpc) is 3.46. The summed E-state index contributed by atoms with van der Waals surface area (Å²) in [4.78, 5) is 29.4. The van der Waals surface area contributed by atoms with Crippen LogP contribution in [-0.2, 0) is 20.7 Å². The van der Waals surface area contributed by atoms with Crippen LogP contribution in [0.2, 0.25) is 0 Å². The Morgan fingerprint density at radius 1 is 1.28 bits per heavy atom. The lowest BCUT2D eigenvalue weighted by Gasteiger charge is -2.13. The van der Waals surface area contributed by atoms with E-state index in [0.717, 1.165) is 4.88 Å². The number of nitrogens with one attached hydrogen (secondary N) is 1. The number of fused-ring (bicyclic) bond motifs is 1. The number of hydrogen-bond acceptors (Lipinski definition) is 9. The molecule has 0 fully saturated rings. The molecule has 1 amide bonds. The van der Waals surface area contributed by atoms with E-state index in [1.54, 1.807) is 18.2 Å². The van der Waals surface area contributed by atoms with Gasteiger partial charge >= 0.3 is 5.97 Å². The number of ether oxygens (including phenoxy) is 3. The summed E-state index contributed by atoms with van der Waals surface area (Å²) in [6.45, 7) is 1.65. The van der Waals surface area contributed by atoms with E-state index >= 15 is 0 Å². The van der Waals surface area contributed by atoms with Gasteiger partial charge in [0.2, 0.25) is 18.5 Å². The molecule has 0 aliphatic carbocycles. The first-order valence-electron chi connectivity index (χ1n) is 8.85. The van der Waals surface area contributed by atoms with Crippen molar-refractivity contribution in [2.45, 2.75) is 25.9 Å². The zero-order valence-electron chi connectivity index (χ0n) is 15.4. The number of esters is 1. The Morgan fingerprint density at radius 3 is 2.97 bits per heavy atom. The minimum Gasteiger partial charge on any atom is -0.454 e. The number of thiophene rings is 1. The summed E-state index contributed by atoms with van der Waals surface area (Å²) in [5.41, 5.74) is 0.522. The Bertz CT molecular complexity index is 1020. The van der Waals surface area contributed by atoms with Crippen LogP contribution in [0.4, 0.5) is 5.69 Å². The second-order valence-electron chi connectivity index (χ2n) is 6.18. The lowest BCUT2D eigenvalue weighted by Crippen LogP contribution is -2.30. The van der Waals surface area contributed by atoms with Gasteiger partial charge < -0.3 is 24.1 Å². The molecule has 1 aliphatic rings. The molecule has 2 aromatic heterocycles. The van der Waals surface area contributed by atoms with E-state index in [-0.39, 0.29) is 19.6 Å². The minimum absolute atomic E-state index is 0.0215. The highest BCUT2D eigenvalue weighted by molar-refractivity contribution is 7.13. The number of amides is 1. The van der Waals surface area contributed by atoms with Crippen molar-refractivity contribution in [1.29, 1.82) is 0 Å². The smallest absolute Gasteiger partial charge is 0.307 e. The second-order valence-corrected chi connectivity index (χ2v) is 7.13. The van der Waals surface area contributed by atoms with E-state index in [1.165, 1.54) is 18.3 Å². The molecule has 9 nitrogen and oxygen atoms in total. The number of aromatic nitrogens is 2. The Kier molecular flexibility index (Phi) is 5.43. The van der Waals surface area contributed by atoms with Gasteiger partial charge in [0, 0.05) is 18.2 Å². The van der Waals surface area contributed by atoms with E-state index in [9.17, 15) is 9.59 Å². The number of benzene rings is 1. The van der Waals surface area contributed by atoms with Crippen LogP contribution in [0.1, 0.15) is 19.2 Å². The first-order chi connectivity index (χ1) is 14.1. The molecular weight excluding hydrogens is 398 g/mol. The minimum atomic E-state index is -0.961. The van der Waals surface area contributed by atoms with Gasteiger partial charge in [0.15, 0.2) is 17.6 Å². The highest BCUT2D eigenvalue weighted by Gasteiger charge is 2.20. The van der Waals surface area contributed by atoms with Gasteiger partial charge in [0.25, 0.3) is 5.91 Å². The monoisotopic (exact) mass is 415 g/mol. The third-order valence-electron chi connectivity index (χ3n) is 4.07. The Hall–Kier alpha value is -3.40. The molecule has 3 aromatic rings. The number of carbonyl (C=O) groups is 2. The molecule has 4 rings (SSSR count). The highest BCUT2D eigenvalue weighted by Crippen LogP contribution is 2.34. The van der Waals surface area contributed by atoms with Gasteiger partial charge in [-0.1, -0.05) is 11.2 Å². The molecule has 150 valence electrons. The van der Waals surface area contributed by atoms with Crippen molar-refractivity contribution >= 4 is 28.9 Å². The summed E-state index contributed by atoms with van der Waals surface area (Å²) in [6, 6.07) is 8.80. The van der Waals surface area contributed by atoms with E-state index < -0.39 is 18.0 Å². The SMILES string of the molecule is C[C@H](OC(=O)CCc1nc(-c2cccs2)no1)C(=O)Nc1ccc2c(c1)OCO2. The zero-order valence-corrected chi connectivity index (χ0v) is 16.2. The van der Waals surface area contributed by atoms with Crippen LogP contribution >= 0.6 is 11.3 Å². The van der Waals surface area contributed by atoms with Gasteiger partial charge in [0.05, 0.1) is 11.3 Å². The topological polar surface area (TPSA) is 113 Å². The van der Waals surface area contributed by atoms with Gasteiger partial charge in [0.1, 0.15) is 0 Å². The molecule has 0 radical (unpaired) electrons. The maximum absolute atomic E-state index is 12.3. The number of hydrogen-bond donors (Lipinski definition) is 1. The number of carbonyl (C=O) groups excluding carboxylic acids is 2. The van der Waals surface area contributed by atoms with Crippen LogP contribution < -0.4 is 14.8 Å². The van der Waals surface area contributed by atoms with Crippen molar-refractivity contribution in [3.05, 3.63) is 41.6 Å². The maximum atomic E-state index is 12.3. The summed E-state index contributed by atoms with van der Waals surface area (Å²) in [6.07, 6.45) is -0.709. The van der Waals surface area contributed by atoms with Gasteiger partial charge in [-0.3, -0.25) is 9.59 Å². The predicted molar refractivity (Wildman–Crippen MR) is 103 cm³/mol. The number of rotatable bonds is 7. The van der Waals surface area contributed by atoms with Crippen LogP contribution in [0, 0.1) is 0 Å². The molecule has 29 heavy (non-hydrogen) atoms. The molecule has 1 aliphatic heterocycles. The van der Waals surface area contributed by atoms with Gasteiger partial charge in [-0.2, -0.15) is 4.98 Å². The predicted octanol–water partition coefficient (Wildman–Crippen LogP) is 3.03. The molecule has 0 saturated heterocycles. The second kappa shape index (κ2) is 8.31. The van der Waals surface area contributed by atoms with Gasteiger partial charge in [-0.15, -0.1) is 11.3 Å². The van der Waals surface area contributed by atoms with Crippen molar-refractivity contribution in [1.82, 2.24) is 10.1 Å². The van der Waals surface area contributed by atoms with Crippen molar-refractivity contribution in [3.63, 3.8) is 0 Å². The molecule has 1 aromatic carbocycles. The molecule has 0 spiro atoms. The first kappa shape index (κ1) is 18.9. The van der Waals surface area contributed by atoms with Crippen LogP contribution in [-0.4, -0.2) is 34.9 Å². The standard InChI is InChI=1S/C19H17N3O6S/c1-11(19(24)20-12-4-5-13-14(9-12)26-10-25-13)27-17(23)7-6-16-21-18(22-28-16)15-3-2-8-29-15/h2-5,8-9,11H,6-7,10H2,1H3,(H,20,24)/t11-/m0/s1.